The van der Waals surface area contributed by atoms with Crippen LogP contribution in [0, 0.1) is 11.6 Å². The third-order valence-corrected chi connectivity index (χ3v) is 7.49. The molecule has 2 aromatic rings. The first-order valence-corrected chi connectivity index (χ1v) is 11.5. The highest BCUT2D eigenvalue weighted by molar-refractivity contribution is 5.99. The van der Waals surface area contributed by atoms with Crippen LogP contribution in [0.15, 0.2) is 29.2 Å². The van der Waals surface area contributed by atoms with Gasteiger partial charge < -0.3 is 24.6 Å². The van der Waals surface area contributed by atoms with Gasteiger partial charge in [0, 0.05) is 23.9 Å². The number of benzene rings is 1. The van der Waals surface area contributed by atoms with Crippen molar-refractivity contribution in [3.05, 3.63) is 63.1 Å². The summed E-state index contributed by atoms with van der Waals surface area (Å²) in [5, 5.41) is 13.3. The Morgan fingerprint density at radius 2 is 2.00 bits per heavy atom. The number of carbonyl (C=O) groups excluding carboxylic acids is 2. The number of aromatic nitrogens is 1. The van der Waals surface area contributed by atoms with Crippen molar-refractivity contribution < 1.29 is 28.2 Å². The van der Waals surface area contributed by atoms with Crippen molar-refractivity contribution in [1.29, 1.82) is 0 Å². The first kappa shape index (κ1) is 21.3. The minimum absolute atomic E-state index is 0.00319. The zero-order valence-corrected chi connectivity index (χ0v) is 18.2. The Balaban J connectivity index is 1.33. The van der Waals surface area contributed by atoms with E-state index < -0.39 is 46.4 Å². The second kappa shape index (κ2) is 7.36. The van der Waals surface area contributed by atoms with Crippen LogP contribution in [0.25, 0.3) is 0 Å². The van der Waals surface area contributed by atoms with E-state index >= 15 is 0 Å². The highest BCUT2D eigenvalue weighted by atomic mass is 19.1. The molecule has 1 aromatic heterocycles. The number of ether oxygens (including phenoxy) is 1. The van der Waals surface area contributed by atoms with E-state index in [0.29, 0.717) is 12.8 Å². The summed E-state index contributed by atoms with van der Waals surface area (Å²) in [6.07, 6.45) is 5.07. The summed E-state index contributed by atoms with van der Waals surface area (Å²) >= 11 is 0. The first-order valence-electron chi connectivity index (χ1n) is 11.5. The number of hydrogen-bond acceptors (Lipinski definition) is 5. The molecule has 2 aliphatic carbocycles. The summed E-state index contributed by atoms with van der Waals surface area (Å²) in [4.78, 5) is 40.8. The van der Waals surface area contributed by atoms with Crippen LogP contribution in [0.4, 0.5) is 8.78 Å². The fourth-order valence-electron chi connectivity index (χ4n) is 5.67. The van der Waals surface area contributed by atoms with E-state index in [1.807, 2.05) is 0 Å². The highest BCUT2D eigenvalue weighted by Gasteiger charge is 2.49. The third kappa shape index (κ3) is 3.15. The number of hydrogen-bond donors (Lipinski definition) is 2. The molecule has 3 heterocycles. The van der Waals surface area contributed by atoms with Crippen molar-refractivity contribution in [1.82, 2.24) is 14.8 Å². The molecule has 2 aliphatic heterocycles. The molecule has 10 heteroatoms. The number of fused-ring (bicyclic) bond motifs is 5. The van der Waals surface area contributed by atoms with E-state index in [9.17, 15) is 28.3 Å². The molecular weight excluding hydrogens is 448 g/mol. The molecule has 178 valence electrons. The second-order valence-corrected chi connectivity index (χ2v) is 9.63. The minimum atomic E-state index is -1.05. The fraction of sp³-hybridized carbons (Fsp3) is 0.458. The van der Waals surface area contributed by atoms with Crippen LogP contribution < -0.4 is 10.7 Å². The van der Waals surface area contributed by atoms with E-state index in [0.717, 1.165) is 37.8 Å². The maximum Gasteiger partial charge on any atom is 0.276 e. The summed E-state index contributed by atoms with van der Waals surface area (Å²) in [5.41, 5.74) is -2.39. The predicted molar refractivity (Wildman–Crippen MR) is 114 cm³/mol. The Kier molecular flexibility index (Phi) is 4.61. The number of rotatable bonds is 3. The monoisotopic (exact) mass is 471 g/mol. The van der Waals surface area contributed by atoms with Crippen LogP contribution >= 0.6 is 0 Å². The summed E-state index contributed by atoms with van der Waals surface area (Å²) in [5.74, 6) is -3.59. The van der Waals surface area contributed by atoms with Gasteiger partial charge in [-0.25, -0.2) is 8.78 Å². The summed E-state index contributed by atoms with van der Waals surface area (Å²) in [6, 6.07) is 3.13. The summed E-state index contributed by atoms with van der Waals surface area (Å²) < 4.78 is 35.2. The lowest BCUT2D eigenvalue weighted by Gasteiger charge is -2.50. The van der Waals surface area contributed by atoms with Gasteiger partial charge in [0.15, 0.2) is 17.7 Å². The van der Waals surface area contributed by atoms with Crippen molar-refractivity contribution >= 4 is 11.8 Å². The Labute approximate surface area is 193 Å². The van der Waals surface area contributed by atoms with Crippen molar-refractivity contribution in [3.8, 4) is 5.75 Å². The first-order chi connectivity index (χ1) is 16.3. The van der Waals surface area contributed by atoms with E-state index in [2.05, 4.69) is 5.32 Å². The number of nitrogens with zero attached hydrogens (tertiary/aromatic N) is 2. The van der Waals surface area contributed by atoms with Crippen molar-refractivity contribution in [2.45, 2.75) is 69.0 Å². The molecular formula is C24H23F2N3O5. The molecule has 8 nitrogen and oxygen atoms in total. The topological polar surface area (TPSA) is 101 Å². The van der Waals surface area contributed by atoms with Crippen molar-refractivity contribution in [2.75, 3.05) is 0 Å². The standard InChI is InChI=1S/C24H23F2N3O5/c25-12-4-5-16(17(26)8-12)24(6-7-24)27-22(32)15-10-28-11-18-29(13-2-1-3-14(9-13)34-18)23(33)19(28)21(31)20(15)30/h4-5,8,10,13-14,18,31H,1-3,6-7,9,11H2,(H,27,32)/t13-,14+,18?/m0/s1. The molecule has 2 amide bonds. The van der Waals surface area contributed by atoms with Crippen LogP contribution in [-0.4, -0.2) is 44.8 Å². The second-order valence-electron chi connectivity index (χ2n) is 9.63. The lowest BCUT2D eigenvalue weighted by Crippen LogP contribution is -2.61. The molecule has 2 saturated carbocycles. The van der Waals surface area contributed by atoms with Gasteiger partial charge >= 0.3 is 0 Å². The lowest BCUT2D eigenvalue weighted by molar-refractivity contribution is -0.170. The van der Waals surface area contributed by atoms with Gasteiger partial charge in [0.25, 0.3) is 11.8 Å². The molecule has 0 spiro atoms. The number of amides is 2. The van der Waals surface area contributed by atoms with Crippen LogP contribution in [0.3, 0.4) is 0 Å². The summed E-state index contributed by atoms with van der Waals surface area (Å²) in [6.45, 7) is 0.180. The molecule has 3 fully saturated rings. The van der Waals surface area contributed by atoms with Crippen LogP contribution in [0.5, 0.6) is 5.75 Å². The quantitative estimate of drug-likeness (QED) is 0.716. The van der Waals surface area contributed by atoms with Crippen LogP contribution in [-0.2, 0) is 16.8 Å². The van der Waals surface area contributed by atoms with Gasteiger partial charge in [-0.2, -0.15) is 0 Å². The highest BCUT2D eigenvalue weighted by Crippen LogP contribution is 2.46. The Morgan fingerprint density at radius 3 is 2.74 bits per heavy atom. The van der Waals surface area contributed by atoms with Gasteiger partial charge in [-0.1, -0.05) is 6.07 Å². The molecule has 0 radical (unpaired) electrons. The summed E-state index contributed by atoms with van der Waals surface area (Å²) in [7, 11) is 0. The number of nitrogens with one attached hydrogen (secondary N) is 1. The average Bonchev–Trinajstić information content (AvgIpc) is 3.55. The molecule has 2 bridgehead atoms. The van der Waals surface area contributed by atoms with Gasteiger partial charge in [-0.15, -0.1) is 0 Å². The third-order valence-electron chi connectivity index (χ3n) is 7.49. The number of carbonyl (C=O) groups is 2. The van der Waals surface area contributed by atoms with Gasteiger partial charge in [0.2, 0.25) is 5.43 Å². The van der Waals surface area contributed by atoms with E-state index in [1.165, 1.54) is 16.8 Å². The molecule has 3 atom stereocenters. The molecule has 4 aliphatic rings. The van der Waals surface area contributed by atoms with E-state index in [-0.39, 0.29) is 35.5 Å². The van der Waals surface area contributed by atoms with Gasteiger partial charge in [0.05, 0.1) is 18.2 Å². The number of halogens is 2. The largest absolute Gasteiger partial charge is 0.503 e. The smallest absolute Gasteiger partial charge is 0.276 e. The minimum Gasteiger partial charge on any atom is -0.503 e. The van der Waals surface area contributed by atoms with Gasteiger partial charge in [-0.3, -0.25) is 14.4 Å². The van der Waals surface area contributed by atoms with E-state index in [1.54, 1.807) is 4.90 Å². The zero-order valence-electron chi connectivity index (χ0n) is 18.2. The lowest BCUT2D eigenvalue weighted by atomic mass is 9.89. The number of aromatic hydroxyl groups is 1. The molecule has 1 saturated heterocycles. The average molecular weight is 471 g/mol. The maximum atomic E-state index is 14.4. The molecule has 6 rings (SSSR count). The van der Waals surface area contributed by atoms with Crippen molar-refractivity contribution in [3.63, 3.8) is 0 Å². The SMILES string of the molecule is O=C(NC1(c2ccc(F)cc2F)CC1)c1cn2c(c(O)c1=O)C(=O)N1C(C2)O[C@@H]2CCC[C@H]1C2. The fourth-order valence-corrected chi connectivity index (χ4v) is 5.67. The van der Waals surface area contributed by atoms with Crippen LogP contribution in [0.2, 0.25) is 0 Å². The normalized spacial score (nSPS) is 26.5. The molecule has 34 heavy (non-hydrogen) atoms. The molecule has 1 unspecified atom stereocenters. The Hall–Kier alpha value is -3.27. The van der Waals surface area contributed by atoms with Gasteiger partial charge in [-0.05, 0) is 44.6 Å². The van der Waals surface area contributed by atoms with Crippen molar-refractivity contribution in [2.24, 2.45) is 0 Å². The zero-order chi connectivity index (χ0) is 23.8. The van der Waals surface area contributed by atoms with E-state index in [4.69, 9.17) is 4.74 Å². The predicted octanol–water partition coefficient (Wildman–Crippen LogP) is 2.37. The Bertz CT molecular complexity index is 1290. The molecule has 1 aromatic carbocycles. The molecule has 2 N–H and O–H groups in total. The van der Waals surface area contributed by atoms with Crippen LogP contribution in [0.1, 0.15) is 64.9 Å². The number of pyridine rings is 1. The van der Waals surface area contributed by atoms with Gasteiger partial charge in [0.1, 0.15) is 17.2 Å². The maximum absolute atomic E-state index is 14.4. The Morgan fingerprint density at radius 1 is 1.21 bits per heavy atom.